The predicted octanol–water partition coefficient (Wildman–Crippen LogP) is 11.9. The molecular weight excluding hydrogens is 542 g/mol. The number of aliphatic hydroxyl groups excluding tert-OH is 2. The molecule has 0 aliphatic carbocycles. The first-order valence-electron chi connectivity index (χ1n) is 20.1. The van der Waals surface area contributed by atoms with Crippen LogP contribution in [-0.4, -0.2) is 46.8 Å². The maximum absolute atomic E-state index is 13.0. The van der Waals surface area contributed by atoms with Crippen LogP contribution in [0, 0.1) is 5.92 Å². The zero-order valence-electron chi connectivity index (χ0n) is 30.4. The fourth-order valence-corrected chi connectivity index (χ4v) is 6.49. The van der Waals surface area contributed by atoms with Crippen molar-refractivity contribution < 1.29 is 15.0 Å². The maximum atomic E-state index is 13.0. The molecule has 0 aromatic carbocycles. The number of hydrogen-bond donors (Lipinski definition) is 2. The van der Waals surface area contributed by atoms with Crippen molar-refractivity contribution in [2.75, 3.05) is 19.7 Å². The molecule has 0 aromatic rings. The van der Waals surface area contributed by atoms with E-state index in [2.05, 4.69) is 20.8 Å². The average Bonchev–Trinajstić information content (AvgIpc) is 3.03. The van der Waals surface area contributed by atoms with E-state index >= 15 is 0 Å². The Morgan fingerprint density at radius 2 is 0.864 bits per heavy atom. The lowest BCUT2D eigenvalue weighted by atomic mass is 9.97. The van der Waals surface area contributed by atoms with Crippen LogP contribution in [0.5, 0.6) is 0 Å². The first-order valence-corrected chi connectivity index (χ1v) is 20.1. The second-order valence-corrected chi connectivity index (χ2v) is 14.3. The first kappa shape index (κ1) is 43.4. The van der Waals surface area contributed by atoms with Crippen molar-refractivity contribution in [2.45, 2.75) is 226 Å². The monoisotopic (exact) mass is 624 g/mol. The van der Waals surface area contributed by atoms with E-state index in [0.29, 0.717) is 18.9 Å². The molecule has 0 aromatic heterocycles. The highest BCUT2D eigenvalue weighted by Gasteiger charge is 2.18. The van der Waals surface area contributed by atoms with Crippen LogP contribution < -0.4 is 0 Å². The van der Waals surface area contributed by atoms with E-state index < -0.39 is 6.10 Å². The topological polar surface area (TPSA) is 60.8 Å². The number of carbonyl (C=O) groups is 1. The zero-order chi connectivity index (χ0) is 32.4. The number of unbranched alkanes of at least 4 members (excludes halogenated alkanes) is 26. The summed E-state index contributed by atoms with van der Waals surface area (Å²) in [5, 5.41) is 19.4. The molecule has 44 heavy (non-hydrogen) atoms. The average molecular weight is 624 g/mol. The molecule has 4 nitrogen and oxygen atoms in total. The molecule has 1 amide bonds. The summed E-state index contributed by atoms with van der Waals surface area (Å²) in [6.07, 6.45) is 39.9. The lowest BCUT2D eigenvalue weighted by Crippen LogP contribution is -2.39. The van der Waals surface area contributed by atoms with Crippen LogP contribution in [-0.2, 0) is 4.79 Å². The Kier molecular flexibility index (Phi) is 34.8. The summed E-state index contributed by atoms with van der Waals surface area (Å²) in [5.74, 6) is 0.724. The second kappa shape index (κ2) is 35.2. The third-order valence-electron chi connectivity index (χ3n) is 9.68. The molecule has 0 saturated heterocycles. The summed E-state index contributed by atoms with van der Waals surface area (Å²) < 4.78 is 0. The quantitative estimate of drug-likeness (QED) is 0.0682. The van der Waals surface area contributed by atoms with Crippen LogP contribution in [0.3, 0.4) is 0 Å². The lowest BCUT2D eigenvalue weighted by Gasteiger charge is -2.25. The van der Waals surface area contributed by atoms with Crippen molar-refractivity contribution >= 4 is 5.91 Å². The maximum Gasteiger partial charge on any atom is 0.222 e. The smallest absolute Gasteiger partial charge is 0.222 e. The van der Waals surface area contributed by atoms with Gasteiger partial charge >= 0.3 is 0 Å². The third kappa shape index (κ3) is 31.4. The van der Waals surface area contributed by atoms with Crippen LogP contribution in [0.25, 0.3) is 0 Å². The van der Waals surface area contributed by atoms with Crippen molar-refractivity contribution in [1.82, 2.24) is 4.90 Å². The zero-order valence-corrected chi connectivity index (χ0v) is 30.4. The van der Waals surface area contributed by atoms with Gasteiger partial charge in [0.15, 0.2) is 0 Å². The summed E-state index contributed by atoms with van der Waals surface area (Å²) >= 11 is 0. The highest BCUT2D eigenvalue weighted by atomic mass is 16.3. The standard InChI is InChI=1S/C40H81NO3/c1-4-6-8-10-12-14-16-18-20-22-24-26-28-30-32-38(3)33-34-40(44)41(36-39(43)37-42)35-31-29-27-25-23-21-19-17-15-13-11-9-7-5-2/h38-39,42-43H,4-37H2,1-3H3. The first-order chi connectivity index (χ1) is 21.5. The number of carbonyl (C=O) groups excluding carboxylic acids is 1. The van der Waals surface area contributed by atoms with Gasteiger partial charge < -0.3 is 15.1 Å². The molecule has 0 aliphatic heterocycles. The number of amides is 1. The third-order valence-corrected chi connectivity index (χ3v) is 9.68. The Morgan fingerprint density at radius 1 is 0.523 bits per heavy atom. The van der Waals surface area contributed by atoms with Crippen molar-refractivity contribution in [3.05, 3.63) is 0 Å². The molecule has 0 saturated carbocycles. The van der Waals surface area contributed by atoms with E-state index in [-0.39, 0.29) is 19.1 Å². The number of nitrogens with zero attached hydrogens (tertiary/aromatic N) is 1. The fourth-order valence-electron chi connectivity index (χ4n) is 6.49. The van der Waals surface area contributed by atoms with Gasteiger partial charge in [-0.1, -0.05) is 201 Å². The molecule has 0 aliphatic rings. The SMILES string of the molecule is CCCCCCCCCCCCCCCCC(C)CCC(=O)N(CCCCCCCCCCCCCCCC)CC(O)CO. The van der Waals surface area contributed by atoms with Gasteiger partial charge in [0.25, 0.3) is 0 Å². The van der Waals surface area contributed by atoms with E-state index in [1.165, 1.54) is 173 Å². The molecule has 0 radical (unpaired) electrons. The van der Waals surface area contributed by atoms with E-state index in [4.69, 9.17) is 0 Å². The van der Waals surface area contributed by atoms with Crippen molar-refractivity contribution in [2.24, 2.45) is 5.92 Å². The molecule has 2 unspecified atom stereocenters. The summed E-state index contributed by atoms with van der Waals surface area (Å²) in [6, 6.07) is 0. The molecule has 0 spiro atoms. The minimum absolute atomic E-state index is 0.153. The number of hydrogen-bond acceptors (Lipinski definition) is 3. The van der Waals surface area contributed by atoms with E-state index in [9.17, 15) is 15.0 Å². The van der Waals surface area contributed by atoms with Gasteiger partial charge in [-0.25, -0.2) is 0 Å². The lowest BCUT2D eigenvalue weighted by molar-refractivity contribution is -0.133. The Hall–Kier alpha value is -0.610. The normalized spacial score (nSPS) is 12.9. The van der Waals surface area contributed by atoms with Crippen LogP contribution >= 0.6 is 0 Å². The molecule has 0 bridgehead atoms. The largest absolute Gasteiger partial charge is 0.394 e. The van der Waals surface area contributed by atoms with Gasteiger partial charge in [0.05, 0.1) is 12.7 Å². The minimum Gasteiger partial charge on any atom is -0.394 e. The predicted molar refractivity (Wildman–Crippen MR) is 193 cm³/mol. The Morgan fingerprint density at radius 3 is 1.23 bits per heavy atom. The number of aliphatic hydroxyl groups is 2. The molecule has 0 heterocycles. The Labute approximate surface area is 276 Å². The van der Waals surface area contributed by atoms with Gasteiger partial charge in [-0.15, -0.1) is 0 Å². The van der Waals surface area contributed by atoms with Crippen molar-refractivity contribution in [1.29, 1.82) is 0 Å². The Bertz CT molecular complexity index is 569. The molecule has 2 atom stereocenters. The number of rotatable bonds is 36. The second-order valence-electron chi connectivity index (χ2n) is 14.3. The van der Waals surface area contributed by atoms with Gasteiger partial charge in [-0.2, -0.15) is 0 Å². The van der Waals surface area contributed by atoms with Crippen LogP contribution in [0.4, 0.5) is 0 Å². The van der Waals surface area contributed by atoms with Crippen molar-refractivity contribution in [3.63, 3.8) is 0 Å². The molecule has 264 valence electrons. The van der Waals surface area contributed by atoms with Gasteiger partial charge in [0.2, 0.25) is 5.91 Å². The highest BCUT2D eigenvalue weighted by Crippen LogP contribution is 2.19. The van der Waals surface area contributed by atoms with Gasteiger partial charge in [0.1, 0.15) is 0 Å². The molecule has 4 heteroatoms. The molecule has 2 N–H and O–H groups in total. The van der Waals surface area contributed by atoms with E-state index in [0.717, 1.165) is 19.3 Å². The molecule has 0 fully saturated rings. The molecule has 0 rings (SSSR count). The van der Waals surface area contributed by atoms with Crippen molar-refractivity contribution in [3.8, 4) is 0 Å². The summed E-state index contributed by atoms with van der Waals surface area (Å²) in [4.78, 5) is 14.8. The Balaban J connectivity index is 3.82. The van der Waals surface area contributed by atoms with Crippen LogP contribution in [0.15, 0.2) is 0 Å². The van der Waals surface area contributed by atoms with Crippen LogP contribution in [0.2, 0.25) is 0 Å². The summed E-state index contributed by atoms with van der Waals surface area (Å²) in [5.41, 5.74) is 0. The summed E-state index contributed by atoms with van der Waals surface area (Å²) in [7, 11) is 0. The van der Waals surface area contributed by atoms with Gasteiger partial charge in [-0.05, 0) is 18.8 Å². The fraction of sp³-hybridized carbons (Fsp3) is 0.975. The molecular formula is C40H81NO3. The van der Waals surface area contributed by atoms with Gasteiger partial charge in [-0.3, -0.25) is 4.79 Å². The highest BCUT2D eigenvalue weighted by molar-refractivity contribution is 5.76. The minimum atomic E-state index is -0.835. The van der Waals surface area contributed by atoms with Gasteiger partial charge in [0, 0.05) is 19.5 Å². The van der Waals surface area contributed by atoms with E-state index in [1.807, 2.05) is 4.90 Å². The van der Waals surface area contributed by atoms with E-state index in [1.54, 1.807) is 0 Å². The summed E-state index contributed by atoms with van der Waals surface area (Å²) in [6.45, 7) is 7.55. The van der Waals surface area contributed by atoms with Crippen LogP contribution in [0.1, 0.15) is 220 Å².